The Balaban J connectivity index is 2.65. The number of nitrogens with two attached hydrogens (primary N) is 1. The highest BCUT2D eigenvalue weighted by Crippen LogP contribution is 2.16. The maximum Gasteiger partial charge on any atom is 0.337 e. The highest BCUT2D eigenvalue weighted by atomic mass is 32.2. The van der Waals surface area contributed by atoms with Gasteiger partial charge in [-0.3, -0.25) is 0 Å². The van der Waals surface area contributed by atoms with E-state index in [-0.39, 0.29) is 18.5 Å². The SMILES string of the molecule is CCOC(=O)C1=C(CSCC(C)CN)NC(=O)NC1. The molecule has 4 N–H and O–H groups in total. The van der Waals surface area contributed by atoms with Gasteiger partial charge in [-0.1, -0.05) is 6.92 Å². The van der Waals surface area contributed by atoms with Crippen LogP contribution >= 0.6 is 11.8 Å². The van der Waals surface area contributed by atoms with Gasteiger partial charge in [-0.05, 0) is 25.1 Å². The Hall–Kier alpha value is -1.21. The molecule has 1 rings (SSSR count). The number of hydrogen-bond donors (Lipinski definition) is 3. The van der Waals surface area contributed by atoms with Gasteiger partial charge in [0.05, 0.1) is 18.7 Å². The smallest absolute Gasteiger partial charge is 0.337 e. The monoisotopic (exact) mass is 287 g/mol. The van der Waals surface area contributed by atoms with E-state index >= 15 is 0 Å². The minimum absolute atomic E-state index is 0.215. The van der Waals surface area contributed by atoms with Crippen molar-refractivity contribution in [3.8, 4) is 0 Å². The van der Waals surface area contributed by atoms with Crippen molar-refractivity contribution in [2.45, 2.75) is 13.8 Å². The first-order chi connectivity index (χ1) is 9.08. The van der Waals surface area contributed by atoms with Gasteiger partial charge in [0.1, 0.15) is 0 Å². The molecule has 1 aliphatic rings. The van der Waals surface area contributed by atoms with Gasteiger partial charge in [0.25, 0.3) is 0 Å². The number of rotatable bonds is 7. The van der Waals surface area contributed by atoms with Gasteiger partial charge in [0.2, 0.25) is 0 Å². The molecule has 0 aliphatic carbocycles. The van der Waals surface area contributed by atoms with Crippen molar-refractivity contribution >= 4 is 23.8 Å². The normalized spacial score (nSPS) is 16.7. The van der Waals surface area contributed by atoms with Crippen molar-refractivity contribution in [2.24, 2.45) is 11.7 Å². The van der Waals surface area contributed by atoms with Crippen molar-refractivity contribution in [1.82, 2.24) is 10.6 Å². The van der Waals surface area contributed by atoms with Crippen LogP contribution in [-0.4, -0.2) is 43.2 Å². The summed E-state index contributed by atoms with van der Waals surface area (Å²) >= 11 is 1.65. The van der Waals surface area contributed by atoms with Gasteiger partial charge in [-0.25, -0.2) is 9.59 Å². The fourth-order valence-corrected chi connectivity index (χ4v) is 2.61. The number of esters is 1. The Morgan fingerprint density at radius 1 is 1.58 bits per heavy atom. The number of hydrogen-bond acceptors (Lipinski definition) is 5. The highest BCUT2D eigenvalue weighted by molar-refractivity contribution is 7.99. The van der Waals surface area contributed by atoms with Gasteiger partial charge in [-0.2, -0.15) is 11.8 Å². The molecular formula is C12H21N3O3S. The van der Waals surface area contributed by atoms with E-state index in [4.69, 9.17) is 10.5 Å². The number of thioether (sulfide) groups is 1. The lowest BCUT2D eigenvalue weighted by atomic mass is 10.2. The maximum absolute atomic E-state index is 11.8. The molecule has 2 amide bonds. The summed E-state index contributed by atoms with van der Waals surface area (Å²) < 4.78 is 4.98. The Morgan fingerprint density at radius 2 is 2.32 bits per heavy atom. The quantitative estimate of drug-likeness (QED) is 0.591. The molecule has 1 aliphatic heterocycles. The highest BCUT2D eigenvalue weighted by Gasteiger charge is 2.23. The summed E-state index contributed by atoms with van der Waals surface area (Å²) in [7, 11) is 0. The molecule has 0 radical (unpaired) electrons. The standard InChI is InChI=1S/C12H21N3O3S/c1-3-18-11(16)9-5-14-12(17)15-10(9)7-19-6-8(2)4-13/h8H,3-7,13H2,1-2H3,(H2,14,15,17). The number of carbonyl (C=O) groups is 2. The maximum atomic E-state index is 11.8. The molecule has 0 spiro atoms. The summed E-state index contributed by atoms with van der Waals surface area (Å²) in [4.78, 5) is 23.1. The average Bonchev–Trinajstić information content (AvgIpc) is 2.38. The fraction of sp³-hybridized carbons (Fsp3) is 0.667. The Kier molecular flexibility index (Phi) is 6.72. The zero-order chi connectivity index (χ0) is 14.3. The van der Waals surface area contributed by atoms with Crippen LogP contribution in [0.15, 0.2) is 11.3 Å². The Bertz CT molecular complexity index is 371. The van der Waals surface area contributed by atoms with E-state index in [0.29, 0.717) is 36.1 Å². The molecule has 0 saturated carbocycles. The van der Waals surface area contributed by atoms with E-state index in [1.165, 1.54) is 0 Å². The van der Waals surface area contributed by atoms with E-state index in [1.807, 2.05) is 0 Å². The van der Waals surface area contributed by atoms with Crippen molar-refractivity contribution < 1.29 is 14.3 Å². The summed E-state index contributed by atoms with van der Waals surface area (Å²) in [6.07, 6.45) is 0. The molecular weight excluding hydrogens is 266 g/mol. The van der Waals surface area contributed by atoms with Crippen LogP contribution in [0.3, 0.4) is 0 Å². The lowest BCUT2D eigenvalue weighted by molar-refractivity contribution is -0.138. The summed E-state index contributed by atoms with van der Waals surface area (Å²) in [6, 6.07) is -0.282. The average molecular weight is 287 g/mol. The molecule has 1 atom stereocenters. The second kappa shape index (κ2) is 8.06. The third-order valence-electron chi connectivity index (χ3n) is 2.63. The third kappa shape index (κ3) is 5.12. The van der Waals surface area contributed by atoms with E-state index in [0.717, 1.165) is 5.75 Å². The second-order valence-corrected chi connectivity index (χ2v) is 5.37. The van der Waals surface area contributed by atoms with Crippen molar-refractivity contribution in [3.63, 3.8) is 0 Å². The number of ether oxygens (including phenoxy) is 1. The molecule has 0 aromatic carbocycles. The molecule has 108 valence electrons. The first-order valence-electron chi connectivity index (χ1n) is 6.30. The van der Waals surface area contributed by atoms with Crippen LogP contribution in [0.5, 0.6) is 0 Å². The predicted octanol–water partition coefficient (Wildman–Crippen LogP) is 0.444. The van der Waals surface area contributed by atoms with Gasteiger partial charge in [-0.15, -0.1) is 0 Å². The van der Waals surface area contributed by atoms with Gasteiger partial charge >= 0.3 is 12.0 Å². The molecule has 19 heavy (non-hydrogen) atoms. The topological polar surface area (TPSA) is 93.4 Å². The Morgan fingerprint density at radius 3 is 2.95 bits per heavy atom. The molecule has 6 nitrogen and oxygen atoms in total. The van der Waals surface area contributed by atoms with Crippen LogP contribution < -0.4 is 16.4 Å². The largest absolute Gasteiger partial charge is 0.463 e. The third-order valence-corrected chi connectivity index (χ3v) is 3.92. The number of amides is 2. The zero-order valence-electron chi connectivity index (χ0n) is 11.3. The summed E-state index contributed by atoms with van der Waals surface area (Å²) in [5, 5.41) is 5.25. The minimum Gasteiger partial charge on any atom is -0.463 e. The van der Waals surface area contributed by atoms with Crippen LogP contribution in [0.4, 0.5) is 4.79 Å². The predicted molar refractivity (Wildman–Crippen MR) is 75.7 cm³/mol. The molecule has 7 heteroatoms. The molecule has 0 aromatic rings. The van der Waals surface area contributed by atoms with Crippen LogP contribution in [-0.2, 0) is 9.53 Å². The van der Waals surface area contributed by atoms with Gasteiger partial charge < -0.3 is 21.1 Å². The lowest BCUT2D eigenvalue weighted by Gasteiger charge is -2.21. The van der Waals surface area contributed by atoms with Crippen LogP contribution in [0, 0.1) is 5.92 Å². The van der Waals surface area contributed by atoms with E-state index in [2.05, 4.69) is 17.6 Å². The molecule has 1 heterocycles. The molecule has 0 fully saturated rings. The second-order valence-electron chi connectivity index (χ2n) is 4.34. The van der Waals surface area contributed by atoms with E-state index < -0.39 is 0 Å². The van der Waals surface area contributed by atoms with Crippen LogP contribution in [0.1, 0.15) is 13.8 Å². The number of nitrogens with one attached hydrogen (secondary N) is 2. The van der Waals surface area contributed by atoms with Gasteiger partial charge in [0, 0.05) is 11.4 Å². The number of urea groups is 1. The van der Waals surface area contributed by atoms with Crippen molar-refractivity contribution in [1.29, 1.82) is 0 Å². The summed E-state index contributed by atoms with van der Waals surface area (Å²) in [5.74, 6) is 1.50. The van der Waals surface area contributed by atoms with Crippen LogP contribution in [0.25, 0.3) is 0 Å². The lowest BCUT2D eigenvalue weighted by Crippen LogP contribution is -2.44. The first kappa shape index (κ1) is 15.8. The fourth-order valence-electron chi connectivity index (χ4n) is 1.50. The van der Waals surface area contributed by atoms with Crippen molar-refractivity contribution in [2.75, 3.05) is 31.2 Å². The van der Waals surface area contributed by atoms with Gasteiger partial charge in [0.15, 0.2) is 0 Å². The van der Waals surface area contributed by atoms with Crippen molar-refractivity contribution in [3.05, 3.63) is 11.3 Å². The number of carbonyl (C=O) groups excluding carboxylic acids is 2. The van der Waals surface area contributed by atoms with Crippen LogP contribution in [0.2, 0.25) is 0 Å². The molecule has 0 saturated heterocycles. The molecule has 0 bridgehead atoms. The summed E-state index contributed by atoms with van der Waals surface area (Å²) in [5.41, 5.74) is 6.68. The first-order valence-corrected chi connectivity index (χ1v) is 7.45. The Labute approximate surface area is 117 Å². The molecule has 0 aromatic heterocycles. The minimum atomic E-state index is -0.377. The summed E-state index contributed by atoms with van der Waals surface area (Å²) in [6.45, 7) is 4.98. The zero-order valence-corrected chi connectivity index (χ0v) is 12.1. The van der Waals surface area contributed by atoms with E-state index in [1.54, 1.807) is 18.7 Å². The molecule has 1 unspecified atom stereocenters. The van der Waals surface area contributed by atoms with E-state index in [9.17, 15) is 9.59 Å².